The highest BCUT2D eigenvalue weighted by Crippen LogP contribution is 2.18. The smallest absolute Gasteiger partial charge is 0.284 e. The van der Waals surface area contributed by atoms with Crippen LogP contribution in [-0.2, 0) is 12.1 Å². The number of carbonyl (C=O) groups is 1. The quantitative estimate of drug-likeness (QED) is 0.280. The van der Waals surface area contributed by atoms with Crippen LogP contribution in [0.5, 0.6) is 0 Å². The maximum atomic E-state index is 11.0. The first kappa shape index (κ1) is 22.0. The highest BCUT2D eigenvalue weighted by molar-refractivity contribution is 14.0. The summed E-state index contributed by atoms with van der Waals surface area (Å²) in [6.07, 6.45) is 0. The molecule has 1 amide bonds. The molecule has 2 rings (SSSR count). The third-order valence-corrected chi connectivity index (χ3v) is 3.64. The van der Waals surface area contributed by atoms with E-state index >= 15 is 0 Å². The molecule has 142 valence electrons. The Morgan fingerprint density at radius 2 is 1.92 bits per heavy atom. The SMILES string of the molecule is CCNC(=NCc1ccc(C(N)=O)o1)NCC(C)(O)c1ccccc1.I. The molecule has 5 N–H and O–H groups in total. The molecule has 0 fully saturated rings. The number of guanidine groups is 1. The molecule has 0 spiro atoms. The third kappa shape index (κ3) is 6.34. The van der Waals surface area contributed by atoms with E-state index in [0.717, 1.165) is 5.56 Å². The van der Waals surface area contributed by atoms with Gasteiger partial charge in [0, 0.05) is 6.54 Å². The molecule has 1 aromatic heterocycles. The summed E-state index contributed by atoms with van der Waals surface area (Å²) >= 11 is 0. The van der Waals surface area contributed by atoms with Crippen LogP contribution in [0.25, 0.3) is 0 Å². The number of rotatable bonds is 7. The predicted molar refractivity (Wildman–Crippen MR) is 111 cm³/mol. The maximum Gasteiger partial charge on any atom is 0.284 e. The second-order valence-corrected chi connectivity index (χ2v) is 5.82. The standard InChI is InChI=1S/C18H24N4O3.HI/c1-3-20-17(21-11-14-9-10-15(25-14)16(19)23)22-12-18(2,24)13-7-5-4-6-8-13;/h4-10,24H,3,11-12H2,1-2H3,(H2,19,23)(H2,20,21,22);1H. The van der Waals surface area contributed by atoms with Crippen LogP contribution >= 0.6 is 24.0 Å². The molecule has 8 heteroatoms. The molecule has 0 bridgehead atoms. The lowest BCUT2D eigenvalue weighted by Gasteiger charge is -2.25. The average molecular weight is 472 g/mol. The average Bonchev–Trinajstić information content (AvgIpc) is 3.07. The molecule has 0 saturated carbocycles. The van der Waals surface area contributed by atoms with Crippen LogP contribution < -0.4 is 16.4 Å². The third-order valence-electron chi connectivity index (χ3n) is 3.64. The molecule has 1 atom stereocenters. The Labute approximate surface area is 170 Å². The number of primary amides is 1. The minimum atomic E-state index is -1.04. The van der Waals surface area contributed by atoms with Gasteiger partial charge in [0.2, 0.25) is 0 Å². The fourth-order valence-electron chi connectivity index (χ4n) is 2.25. The van der Waals surface area contributed by atoms with Gasteiger partial charge in [-0.25, -0.2) is 4.99 Å². The first-order valence-corrected chi connectivity index (χ1v) is 8.11. The number of furan rings is 1. The minimum Gasteiger partial charge on any atom is -0.454 e. The van der Waals surface area contributed by atoms with Crippen LogP contribution in [-0.4, -0.2) is 30.1 Å². The highest BCUT2D eigenvalue weighted by Gasteiger charge is 2.22. The number of nitrogens with one attached hydrogen (secondary N) is 2. The zero-order valence-electron chi connectivity index (χ0n) is 14.9. The van der Waals surface area contributed by atoms with Gasteiger partial charge in [-0.1, -0.05) is 30.3 Å². The Morgan fingerprint density at radius 3 is 2.50 bits per heavy atom. The number of nitrogens with two attached hydrogens (primary N) is 1. The highest BCUT2D eigenvalue weighted by atomic mass is 127. The summed E-state index contributed by atoms with van der Waals surface area (Å²) in [6, 6.07) is 12.6. The van der Waals surface area contributed by atoms with Gasteiger partial charge in [0.15, 0.2) is 11.7 Å². The van der Waals surface area contributed by atoms with Gasteiger partial charge in [-0.15, -0.1) is 24.0 Å². The van der Waals surface area contributed by atoms with Crippen molar-refractivity contribution < 1.29 is 14.3 Å². The van der Waals surface area contributed by atoms with Crippen molar-refractivity contribution in [3.63, 3.8) is 0 Å². The van der Waals surface area contributed by atoms with E-state index in [1.165, 1.54) is 6.07 Å². The molecule has 0 aliphatic rings. The molecule has 1 unspecified atom stereocenters. The van der Waals surface area contributed by atoms with E-state index in [4.69, 9.17) is 10.2 Å². The lowest BCUT2D eigenvalue weighted by atomic mass is 9.96. The molecule has 2 aromatic rings. The van der Waals surface area contributed by atoms with Crippen molar-refractivity contribution in [2.75, 3.05) is 13.1 Å². The summed E-state index contributed by atoms with van der Waals surface area (Å²) in [5.41, 5.74) is 4.94. The zero-order valence-corrected chi connectivity index (χ0v) is 17.2. The van der Waals surface area contributed by atoms with Crippen LogP contribution in [0.1, 0.15) is 35.7 Å². The number of nitrogens with zero attached hydrogens (tertiary/aromatic N) is 1. The monoisotopic (exact) mass is 472 g/mol. The van der Waals surface area contributed by atoms with Crippen molar-refractivity contribution >= 4 is 35.8 Å². The summed E-state index contributed by atoms with van der Waals surface area (Å²) in [5, 5.41) is 16.9. The molecule has 0 aliphatic heterocycles. The Bertz CT molecular complexity index is 729. The molecular formula is C18H25IN4O3. The van der Waals surface area contributed by atoms with E-state index in [1.807, 2.05) is 37.3 Å². The summed E-state index contributed by atoms with van der Waals surface area (Å²) in [7, 11) is 0. The number of benzene rings is 1. The molecule has 0 aliphatic carbocycles. The molecule has 1 aromatic carbocycles. The Morgan fingerprint density at radius 1 is 1.23 bits per heavy atom. The van der Waals surface area contributed by atoms with E-state index in [0.29, 0.717) is 18.3 Å². The van der Waals surface area contributed by atoms with E-state index in [9.17, 15) is 9.90 Å². The predicted octanol–water partition coefficient (Wildman–Crippen LogP) is 1.96. The first-order valence-electron chi connectivity index (χ1n) is 8.11. The van der Waals surface area contributed by atoms with Crippen molar-refractivity contribution in [2.45, 2.75) is 26.0 Å². The zero-order chi connectivity index (χ0) is 18.3. The largest absolute Gasteiger partial charge is 0.454 e. The summed E-state index contributed by atoms with van der Waals surface area (Å²) in [4.78, 5) is 15.4. The number of amides is 1. The van der Waals surface area contributed by atoms with Gasteiger partial charge in [0.05, 0.1) is 6.54 Å². The van der Waals surface area contributed by atoms with E-state index in [2.05, 4.69) is 15.6 Å². The van der Waals surface area contributed by atoms with Crippen LogP contribution in [0.15, 0.2) is 51.9 Å². The van der Waals surface area contributed by atoms with E-state index < -0.39 is 11.5 Å². The van der Waals surface area contributed by atoms with E-state index in [1.54, 1.807) is 13.0 Å². The van der Waals surface area contributed by atoms with Gasteiger partial charge in [-0.2, -0.15) is 0 Å². The number of hydrogen-bond donors (Lipinski definition) is 4. The lowest BCUT2D eigenvalue weighted by Crippen LogP contribution is -2.44. The van der Waals surface area contributed by atoms with Crippen molar-refractivity contribution in [2.24, 2.45) is 10.7 Å². The molecule has 7 nitrogen and oxygen atoms in total. The fourth-order valence-corrected chi connectivity index (χ4v) is 2.25. The molecule has 0 saturated heterocycles. The number of hydrogen-bond acceptors (Lipinski definition) is 4. The fraction of sp³-hybridized carbons (Fsp3) is 0.333. The van der Waals surface area contributed by atoms with Gasteiger partial charge in [0.1, 0.15) is 17.9 Å². The molecule has 0 radical (unpaired) electrons. The van der Waals surface area contributed by atoms with Gasteiger partial charge in [-0.3, -0.25) is 4.79 Å². The van der Waals surface area contributed by atoms with Gasteiger partial charge >= 0.3 is 0 Å². The second kappa shape index (κ2) is 10.2. The van der Waals surface area contributed by atoms with Gasteiger partial charge in [-0.05, 0) is 31.5 Å². The second-order valence-electron chi connectivity index (χ2n) is 5.82. The summed E-state index contributed by atoms with van der Waals surface area (Å²) in [5.74, 6) is 0.561. The van der Waals surface area contributed by atoms with Crippen LogP contribution in [0.3, 0.4) is 0 Å². The van der Waals surface area contributed by atoms with Crippen LogP contribution in [0.2, 0.25) is 0 Å². The minimum absolute atomic E-state index is 0. The topological polar surface area (TPSA) is 113 Å². The summed E-state index contributed by atoms with van der Waals surface area (Å²) < 4.78 is 5.30. The molecule has 1 heterocycles. The Hall–Kier alpha value is -2.07. The number of aliphatic imine (C=N–C) groups is 1. The Balaban J connectivity index is 0.00000338. The van der Waals surface area contributed by atoms with Crippen molar-refractivity contribution in [1.29, 1.82) is 0 Å². The number of aliphatic hydroxyl groups is 1. The molecule has 26 heavy (non-hydrogen) atoms. The van der Waals surface area contributed by atoms with Crippen molar-refractivity contribution in [3.8, 4) is 0 Å². The normalized spacial score (nSPS) is 13.4. The van der Waals surface area contributed by atoms with Crippen LogP contribution in [0.4, 0.5) is 0 Å². The molecular weight excluding hydrogens is 447 g/mol. The van der Waals surface area contributed by atoms with Crippen molar-refractivity contribution in [1.82, 2.24) is 10.6 Å². The first-order chi connectivity index (χ1) is 11.9. The number of halogens is 1. The van der Waals surface area contributed by atoms with Gasteiger partial charge < -0.3 is 25.9 Å². The number of carbonyl (C=O) groups excluding carboxylic acids is 1. The van der Waals surface area contributed by atoms with Crippen molar-refractivity contribution in [3.05, 3.63) is 59.5 Å². The van der Waals surface area contributed by atoms with E-state index in [-0.39, 0.29) is 42.8 Å². The van der Waals surface area contributed by atoms with Crippen LogP contribution in [0, 0.1) is 0 Å². The Kier molecular flexibility index (Phi) is 8.59. The lowest BCUT2D eigenvalue weighted by molar-refractivity contribution is 0.0617. The van der Waals surface area contributed by atoms with Gasteiger partial charge in [0.25, 0.3) is 5.91 Å². The summed E-state index contributed by atoms with van der Waals surface area (Å²) in [6.45, 7) is 4.89. The maximum absolute atomic E-state index is 11.0.